The maximum atomic E-state index is 5.51. The molecule has 0 aromatic heterocycles. The second kappa shape index (κ2) is 5.29. The van der Waals surface area contributed by atoms with Gasteiger partial charge in [0.2, 0.25) is 0 Å². The van der Waals surface area contributed by atoms with Crippen molar-refractivity contribution in [1.29, 1.82) is 0 Å². The lowest BCUT2D eigenvalue weighted by Gasteiger charge is -2.37. The van der Waals surface area contributed by atoms with E-state index in [-0.39, 0.29) is 0 Å². The molecule has 0 radical (unpaired) electrons. The van der Waals surface area contributed by atoms with Gasteiger partial charge in [0.1, 0.15) is 5.75 Å². The zero-order valence-corrected chi connectivity index (χ0v) is 11.1. The highest BCUT2D eigenvalue weighted by Crippen LogP contribution is 2.35. The molecule has 1 aromatic carbocycles. The molecule has 1 saturated heterocycles. The number of para-hydroxylation sites is 1. The number of ether oxygens (including phenoxy) is 1. The first kappa shape index (κ1) is 12.0. The largest absolute Gasteiger partial charge is 0.496 e. The first-order valence-electron chi connectivity index (χ1n) is 6.96. The fraction of sp³-hybridized carbons (Fsp3) is 0.600. The van der Waals surface area contributed by atoms with E-state index in [2.05, 4.69) is 28.4 Å². The second-order valence-corrected chi connectivity index (χ2v) is 5.40. The second-order valence-electron chi connectivity index (χ2n) is 5.40. The lowest BCUT2D eigenvalue weighted by atomic mass is 10.0. The van der Waals surface area contributed by atoms with Crippen LogP contribution in [0, 0.1) is 5.92 Å². The van der Waals surface area contributed by atoms with Crippen LogP contribution in [0.5, 0.6) is 5.75 Å². The van der Waals surface area contributed by atoms with Gasteiger partial charge in [-0.1, -0.05) is 18.2 Å². The molecule has 0 amide bonds. The SMILES string of the molecule is COc1ccccc1C1CNCCN1CC1CC1. The lowest BCUT2D eigenvalue weighted by molar-refractivity contribution is 0.152. The Labute approximate surface area is 109 Å². The predicted octanol–water partition coefficient (Wildman–Crippen LogP) is 2.05. The molecule has 98 valence electrons. The Hall–Kier alpha value is -1.06. The van der Waals surface area contributed by atoms with Gasteiger partial charge in [0, 0.05) is 31.7 Å². The Kier molecular flexibility index (Phi) is 3.52. The molecule has 2 aliphatic rings. The minimum Gasteiger partial charge on any atom is -0.496 e. The zero-order valence-electron chi connectivity index (χ0n) is 11.1. The molecule has 0 bridgehead atoms. The summed E-state index contributed by atoms with van der Waals surface area (Å²) < 4.78 is 5.51. The first-order chi connectivity index (χ1) is 8.88. The summed E-state index contributed by atoms with van der Waals surface area (Å²) in [5.41, 5.74) is 1.33. The summed E-state index contributed by atoms with van der Waals surface area (Å²) in [5, 5.41) is 3.51. The Balaban J connectivity index is 1.81. The molecule has 3 nitrogen and oxygen atoms in total. The minimum absolute atomic E-state index is 0.468. The van der Waals surface area contributed by atoms with Crippen molar-refractivity contribution in [3.8, 4) is 5.75 Å². The van der Waals surface area contributed by atoms with E-state index in [1.54, 1.807) is 7.11 Å². The van der Waals surface area contributed by atoms with Gasteiger partial charge < -0.3 is 10.1 Å². The van der Waals surface area contributed by atoms with Crippen molar-refractivity contribution in [2.45, 2.75) is 18.9 Å². The number of piperazine rings is 1. The summed E-state index contributed by atoms with van der Waals surface area (Å²) in [6.45, 7) is 4.55. The number of nitrogens with zero attached hydrogens (tertiary/aromatic N) is 1. The van der Waals surface area contributed by atoms with Gasteiger partial charge in [-0.3, -0.25) is 4.90 Å². The van der Waals surface area contributed by atoms with Gasteiger partial charge in [-0.15, -0.1) is 0 Å². The summed E-state index contributed by atoms with van der Waals surface area (Å²) in [6.07, 6.45) is 2.84. The number of rotatable bonds is 4. The quantitative estimate of drug-likeness (QED) is 0.880. The highest BCUT2D eigenvalue weighted by Gasteiger charge is 2.31. The van der Waals surface area contributed by atoms with E-state index >= 15 is 0 Å². The molecule has 2 fully saturated rings. The van der Waals surface area contributed by atoms with Crippen LogP contribution in [0.2, 0.25) is 0 Å². The van der Waals surface area contributed by atoms with Crippen LogP contribution in [0.1, 0.15) is 24.4 Å². The molecule has 1 unspecified atom stereocenters. The molecule has 1 atom stereocenters. The Morgan fingerprint density at radius 2 is 2.17 bits per heavy atom. The van der Waals surface area contributed by atoms with Crippen molar-refractivity contribution in [1.82, 2.24) is 10.2 Å². The number of benzene rings is 1. The molecule has 1 aliphatic carbocycles. The Bertz CT molecular complexity index is 403. The average Bonchev–Trinajstić information content (AvgIpc) is 3.23. The monoisotopic (exact) mass is 246 g/mol. The molecular weight excluding hydrogens is 224 g/mol. The van der Waals surface area contributed by atoms with Crippen LogP contribution < -0.4 is 10.1 Å². The smallest absolute Gasteiger partial charge is 0.123 e. The standard InChI is InChI=1S/C15H22N2O/c1-18-15-5-3-2-4-13(15)14-10-16-8-9-17(14)11-12-6-7-12/h2-5,12,14,16H,6-11H2,1H3. The van der Waals surface area contributed by atoms with Crippen LogP contribution in [-0.2, 0) is 0 Å². The topological polar surface area (TPSA) is 24.5 Å². The van der Waals surface area contributed by atoms with Crippen molar-refractivity contribution in [2.24, 2.45) is 5.92 Å². The van der Waals surface area contributed by atoms with Crippen LogP contribution in [-0.4, -0.2) is 38.2 Å². The molecule has 0 spiro atoms. The van der Waals surface area contributed by atoms with Crippen LogP contribution in [0.3, 0.4) is 0 Å². The fourth-order valence-corrected chi connectivity index (χ4v) is 2.85. The third-order valence-electron chi connectivity index (χ3n) is 4.04. The van der Waals surface area contributed by atoms with Gasteiger partial charge in [-0.2, -0.15) is 0 Å². The van der Waals surface area contributed by atoms with Crippen LogP contribution in [0.15, 0.2) is 24.3 Å². The molecule has 1 heterocycles. The normalized spacial score (nSPS) is 25.1. The van der Waals surface area contributed by atoms with Gasteiger partial charge in [0.05, 0.1) is 13.2 Å². The van der Waals surface area contributed by atoms with E-state index in [4.69, 9.17) is 4.74 Å². The van der Waals surface area contributed by atoms with E-state index in [0.29, 0.717) is 6.04 Å². The van der Waals surface area contributed by atoms with E-state index < -0.39 is 0 Å². The average molecular weight is 246 g/mol. The number of hydrogen-bond donors (Lipinski definition) is 1. The summed E-state index contributed by atoms with van der Waals surface area (Å²) in [5.74, 6) is 1.97. The molecule has 1 aliphatic heterocycles. The van der Waals surface area contributed by atoms with Gasteiger partial charge >= 0.3 is 0 Å². The minimum atomic E-state index is 0.468. The van der Waals surface area contributed by atoms with E-state index in [0.717, 1.165) is 31.3 Å². The Morgan fingerprint density at radius 3 is 2.94 bits per heavy atom. The maximum absolute atomic E-state index is 5.51. The molecule has 18 heavy (non-hydrogen) atoms. The molecule has 3 rings (SSSR count). The van der Waals surface area contributed by atoms with Gasteiger partial charge in [0.15, 0.2) is 0 Å². The third kappa shape index (κ3) is 2.52. The van der Waals surface area contributed by atoms with Gasteiger partial charge in [-0.05, 0) is 24.8 Å². The molecular formula is C15H22N2O. The van der Waals surface area contributed by atoms with Crippen molar-refractivity contribution in [3.63, 3.8) is 0 Å². The number of methoxy groups -OCH3 is 1. The summed E-state index contributed by atoms with van der Waals surface area (Å²) in [4.78, 5) is 2.63. The summed E-state index contributed by atoms with van der Waals surface area (Å²) in [6, 6.07) is 8.90. The maximum Gasteiger partial charge on any atom is 0.123 e. The summed E-state index contributed by atoms with van der Waals surface area (Å²) >= 11 is 0. The molecule has 3 heteroatoms. The predicted molar refractivity (Wildman–Crippen MR) is 72.9 cm³/mol. The van der Waals surface area contributed by atoms with Crippen molar-refractivity contribution < 1.29 is 4.74 Å². The molecule has 1 saturated carbocycles. The highest BCUT2D eigenvalue weighted by molar-refractivity contribution is 5.36. The van der Waals surface area contributed by atoms with Gasteiger partial charge in [-0.25, -0.2) is 0 Å². The summed E-state index contributed by atoms with van der Waals surface area (Å²) in [7, 11) is 1.76. The fourth-order valence-electron chi connectivity index (χ4n) is 2.85. The van der Waals surface area contributed by atoms with E-state index in [1.807, 2.05) is 6.07 Å². The third-order valence-corrected chi connectivity index (χ3v) is 4.04. The van der Waals surface area contributed by atoms with E-state index in [9.17, 15) is 0 Å². The highest BCUT2D eigenvalue weighted by atomic mass is 16.5. The zero-order chi connectivity index (χ0) is 12.4. The number of nitrogens with one attached hydrogen (secondary N) is 1. The van der Waals surface area contributed by atoms with Crippen LogP contribution in [0.25, 0.3) is 0 Å². The molecule has 1 N–H and O–H groups in total. The van der Waals surface area contributed by atoms with Crippen LogP contribution >= 0.6 is 0 Å². The van der Waals surface area contributed by atoms with Crippen molar-refractivity contribution in [2.75, 3.05) is 33.3 Å². The first-order valence-corrected chi connectivity index (χ1v) is 6.96. The van der Waals surface area contributed by atoms with Crippen molar-refractivity contribution in [3.05, 3.63) is 29.8 Å². The van der Waals surface area contributed by atoms with E-state index in [1.165, 1.54) is 24.9 Å². The van der Waals surface area contributed by atoms with Gasteiger partial charge in [0.25, 0.3) is 0 Å². The van der Waals surface area contributed by atoms with Crippen molar-refractivity contribution >= 4 is 0 Å². The number of hydrogen-bond acceptors (Lipinski definition) is 3. The lowest BCUT2D eigenvalue weighted by Crippen LogP contribution is -2.46. The van der Waals surface area contributed by atoms with Crippen LogP contribution in [0.4, 0.5) is 0 Å². The Morgan fingerprint density at radius 1 is 1.33 bits per heavy atom. The molecule has 1 aromatic rings.